The van der Waals surface area contributed by atoms with E-state index < -0.39 is 5.56 Å². The molecule has 0 fully saturated rings. The minimum absolute atomic E-state index is 0.0217. The van der Waals surface area contributed by atoms with Gasteiger partial charge in [-0.25, -0.2) is 0 Å². The Labute approximate surface area is 224 Å². The third kappa shape index (κ3) is 4.79. The third-order valence-electron chi connectivity index (χ3n) is 6.85. The zero-order chi connectivity index (χ0) is 27.8. The van der Waals surface area contributed by atoms with E-state index in [1.165, 1.54) is 4.57 Å². The molecular weight excluding hydrogens is 496 g/mol. The number of hydrogen-bond acceptors (Lipinski definition) is 7. The molecule has 0 bridgehead atoms. The second-order valence-electron chi connectivity index (χ2n) is 9.63. The first-order valence-electron chi connectivity index (χ1n) is 12.5. The van der Waals surface area contributed by atoms with Crippen molar-refractivity contribution >= 4 is 16.7 Å². The zero-order valence-electron chi connectivity index (χ0n) is 22.4. The largest absolute Gasteiger partial charge is 0.496 e. The molecule has 39 heavy (non-hydrogen) atoms. The lowest BCUT2D eigenvalue weighted by Crippen LogP contribution is -2.28. The van der Waals surface area contributed by atoms with E-state index in [1.807, 2.05) is 32.0 Å². The van der Waals surface area contributed by atoms with Gasteiger partial charge in [-0.1, -0.05) is 11.2 Å². The maximum Gasteiger partial charge on any atom is 0.262 e. The number of aromatic nitrogens is 4. The maximum atomic E-state index is 13.8. The SMILES string of the molecule is COc1cc2c(cc1-c1c(C)noc1C)cc(C(=O)Cc1cc(C)c(=O)n(C)c1)c(=O)n2Cc1ccccn1. The second kappa shape index (κ2) is 10.2. The van der Waals surface area contributed by atoms with Crippen molar-refractivity contribution in [1.82, 2.24) is 19.3 Å². The minimum atomic E-state index is -0.424. The Kier molecular flexibility index (Phi) is 6.74. The monoisotopic (exact) mass is 524 g/mol. The molecular formula is C30H28N4O5. The number of ketones is 1. The van der Waals surface area contributed by atoms with Gasteiger partial charge in [0.05, 0.1) is 41.7 Å². The van der Waals surface area contributed by atoms with Crippen LogP contribution >= 0.6 is 0 Å². The molecule has 0 saturated carbocycles. The van der Waals surface area contributed by atoms with Gasteiger partial charge in [0.1, 0.15) is 11.5 Å². The van der Waals surface area contributed by atoms with Crippen LogP contribution in [-0.4, -0.2) is 32.2 Å². The van der Waals surface area contributed by atoms with Crippen molar-refractivity contribution in [1.29, 1.82) is 0 Å². The van der Waals surface area contributed by atoms with Crippen molar-refractivity contribution in [2.75, 3.05) is 7.11 Å². The molecule has 0 saturated heterocycles. The second-order valence-corrected chi connectivity index (χ2v) is 9.63. The molecule has 9 nitrogen and oxygen atoms in total. The fourth-order valence-corrected chi connectivity index (χ4v) is 4.99. The van der Waals surface area contributed by atoms with Gasteiger partial charge in [0.25, 0.3) is 11.1 Å². The van der Waals surface area contributed by atoms with E-state index in [2.05, 4.69) is 10.1 Å². The van der Waals surface area contributed by atoms with Gasteiger partial charge in [-0.05, 0) is 56.7 Å². The summed E-state index contributed by atoms with van der Waals surface area (Å²) in [5.74, 6) is 0.837. The summed E-state index contributed by atoms with van der Waals surface area (Å²) in [6, 6.07) is 12.5. The number of nitrogens with zero attached hydrogens (tertiary/aromatic N) is 4. The Balaban J connectivity index is 1.72. The average Bonchev–Trinajstić information content (AvgIpc) is 3.25. The van der Waals surface area contributed by atoms with Crippen molar-refractivity contribution in [3.8, 4) is 16.9 Å². The van der Waals surface area contributed by atoms with Gasteiger partial charge in [-0.3, -0.25) is 19.4 Å². The van der Waals surface area contributed by atoms with Gasteiger partial charge in [-0.15, -0.1) is 0 Å². The molecule has 0 aliphatic heterocycles. The molecule has 5 rings (SSSR count). The van der Waals surface area contributed by atoms with Gasteiger partial charge in [0, 0.05) is 48.4 Å². The van der Waals surface area contributed by atoms with Crippen LogP contribution in [0.1, 0.15) is 38.6 Å². The van der Waals surface area contributed by atoms with E-state index in [1.54, 1.807) is 62.3 Å². The molecule has 0 aliphatic carbocycles. The van der Waals surface area contributed by atoms with Gasteiger partial charge >= 0.3 is 0 Å². The van der Waals surface area contributed by atoms with Crippen LogP contribution in [0.3, 0.4) is 0 Å². The van der Waals surface area contributed by atoms with E-state index in [0.717, 1.165) is 11.1 Å². The van der Waals surface area contributed by atoms with E-state index in [-0.39, 0.29) is 29.9 Å². The Morgan fingerprint density at radius 3 is 2.49 bits per heavy atom. The zero-order valence-corrected chi connectivity index (χ0v) is 22.4. The van der Waals surface area contributed by atoms with Crippen LogP contribution in [0.4, 0.5) is 0 Å². The highest BCUT2D eigenvalue weighted by Gasteiger charge is 2.22. The molecule has 9 heteroatoms. The predicted octanol–water partition coefficient (Wildman–Crippen LogP) is 4.16. The van der Waals surface area contributed by atoms with Crippen LogP contribution in [-0.2, 0) is 20.0 Å². The molecule has 0 N–H and O–H groups in total. The lowest BCUT2D eigenvalue weighted by Gasteiger charge is -2.16. The van der Waals surface area contributed by atoms with Crippen LogP contribution in [0.5, 0.6) is 5.75 Å². The van der Waals surface area contributed by atoms with E-state index >= 15 is 0 Å². The fraction of sp³-hybridized carbons (Fsp3) is 0.233. The Morgan fingerprint density at radius 2 is 1.85 bits per heavy atom. The first kappa shape index (κ1) is 25.8. The molecule has 0 aliphatic rings. The minimum Gasteiger partial charge on any atom is -0.496 e. The Bertz CT molecular complexity index is 1800. The molecule has 4 aromatic heterocycles. The molecule has 5 aromatic rings. The number of ether oxygens (including phenoxy) is 1. The quantitative estimate of drug-likeness (QED) is 0.294. The lowest BCUT2D eigenvalue weighted by molar-refractivity contribution is 0.0991. The number of pyridine rings is 3. The van der Waals surface area contributed by atoms with E-state index in [4.69, 9.17) is 9.26 Å². The summed E-state index contributed by atoms with van der Waals surface area (Å²) in [7, 11) is 3.21. The average molecular weight is 525 g/mol. The van der Waals surface area contributed by atoms with Crippen LogP contribution in [0, 0.1) is 20.8 Å². The van der Waals surface area contributed by atoms with Crippen molar-refractivity contribution in [3.05, 3.63) is 109 Å². The maximum absolute atomic E-state index is 13.8. The molecule has 0 spiro atoms. The Hall–Kier alpha value is -4.79. The van der Waals surface area contributed by atoms with E-state index in [9.17, 15) is 14.4 Å². The smallest absolute Gasteiger partial charge is 0.262 e. The van der Waals surface area contributed by atoms with Crippen molar-refractivity contribution in [2.45, 2.75) is 33.7 Å². The van der Waals surface area contributed by atoms with Crippen molar-refractivity contribution in [3.63, 3.8) is 0 Å². The van der Waals surface area contributed by atoms with Crippen LogP contribution in [0.25, 0.3) is 22.0 Å². The number of methoxy groups -OCH3 is 1. The number of carbonyl (C=O) groups excluding carboxylic acids is 1. The molecule has 198 valence electrons. The molecule has 0 radical (unpaired) electrons. The highest BCUT2D eigenvalue weighted by molar-refractivity contribution is 6.01. The highest BCUT2D eigenvalue weighted by atomic mass is 16.5. The summed E-state index contributed by atoms with van der Waals surface area (Å²) in [6.07, 6.45) is 3.27. The number of rotatable bonds is 7. The van der Waals surface area contributed by atoms with Crippen LogP contribution in [0.15, 0.2) is 69.0 Å². The van der Waals surface area contributed by atoms with E-state index in [0.29, 0.717) is 44.9 Å². The first-order valence-corrected chi connectivity index (χ1v) is 12.5. The van der Waals surface area contributed by atoms with Gasteiger partial charge in [0.15, 0.2) is 5.78 Å². The molecule has 4 heterocycles. The number of fused-ring (bicyclic) bond motifs is 1. The van der Waals surface area contributed by atoms with Crippen molar-refractivity contribution < 1.29 is 14.1 Å². The number of carbonyl (C=O) groups is 1. The van der Waals surface area contributed by atoms with Gasteiger partial charge in [-0.2, -0.15) is 0 Å². The molecule has 0 atom stereocenters. The Morgan fingerprint density at radius 1 is 1.05 bits per heavy atom. The summed E-state index contributed by atoms with van der Waals surface area (Å²) in [6.45, 7) is 5.55. The van der Waals surface area contributed by atoms with Crippen LogP contribution in [0.2, 0.25) is 0 Å². The summed E-state index contributed by atoms with van der Waals surface area (Å²) in [4.78, 5) is 43.9. The number of benzene rings is 1. The summed E-state index contributed by atoms with van der Waals surface area (Å²) >= 11 is 0. The summed E-state index contributed by atoms with van der Waals surface area (Å²) < 4.78 is 14.1. The molecule has 1 aromatic carbocycles. The molecule has 0 amide bonds. The molecule has 0 unspecified atom stereocenters. The number of Topliss-reactive ketones (excluding diaryl/α,β-unsaturated/α-hetero) is 1. The standard InChI is InChI=1S/C30H28N4O5/c1-17-10-20(15-33(4)29(17)36)11-26(35)23-12-21-13-24(28-18(2)32-39-19(28)3)27(38-5)14-25(21)34(30(23)37)16-22-8-6-7-9-31-22/h6-10,12-15H,11,16H2,1-5H3. The normalized spacial score (nSPS) is 11.2. The number of hydrogen-bond donors (Lipinski definition) is 0. The third-order valence-corrected chi connectivity index (χ3v) is 6.85. The van der Waals surface area contributed by atoms with Gasteiger partial charge < -0.3 is 18.4 Å². The fourth-order valence-electron chi connectivity index (χ4n) is 4.99. The highest BCUT2D eigenvalue weighted by Crippen LogP contribution is 2.37. The lowest BCUT2D eigenvalue weighted by atomic mass is 9.98. The van der Waals surface area contributed by atoms with Crippen molar-refractivity contribution in [2.24, 2.45) is 7.05 Å². The van der Waals surface area contributed by atoms with Crippen LogP contribution < -0.4 is 15.9 Å². The first-order chi connectivity index (χ1) is 18.7. The topological polar surface area (TPSA) is 109 Å². The predicted molar refractivity (Wildman–Crippen MR) is 148 cm³/mol. The summed E-state index contributed by atoms with van der Waals surface area (Å²) in [5, 5.41) is 4.76. The van der Waals surface area contributed by atoms with Gasteiger partial charge in [0.2, 0.25) is 0 Å². The summed E-state index contributed by atoms with van der Waals surface area (Å²) in [5.41, 5.74) is 4.21. The number of aryl methyl sites for hydroxylation is 4.